The third-order valence-corrected chi connectivity index (χ3v) is 7.32. The van der Waals surface area contributed by atoms with Gasteiger partial charge in [-0.3, -0.25) is 19.1 Å². The molecule has 0 aromatic carbocycles. The Morgan fingerprint density at radius 2 is 1.95 bits per heavy atom. The maximum atomic E-state index is 15.9. The minimum Gasteiger partial charge on any atom is -0.465 e. The number of aliphatic imine (C=N–C) groups is 1. The van der Waals surface area contributed by atoms with Crippen molar-refractivity contribution in [2.24, 2.45) is 4.99 Å². The van der Waals surface area contributed by atoms with Crippen molar-refractivity contribution in [2.45, 2.75) is 56.8 Å². The number of alkyl halides is 1. The molecule has 2 aliphatic heterocycles. The molecular formula is C23H33FN5O8P. The largest absolute Gasteiger partial charge is 0.465 e. The quantitative estimate of drug-likeness (QED) is 0.140. The van der Waals surface area contributed by atoms with Gasteiger partial charge in [0.15, 0.2) is 6.23 Å². The number of hydrogen-bond donors (Lipinski definition) is 4. The van der Waals surface area contributed by atoms with Crippen molar-refractivity contribution in [3.05, 3.63) is 24.7 Å². The summed E-state index contributed by atoms with van der Waals surface area (Å²) in [7, 11) is -4.12. The molecule has 1 aliphatic carbocycles. The lowest BCUT2D eigenvalue weighted by Gasteiger charge is -2.36. The summed E-state index contributed by atoms with van der Waals surface area (Å²) >= 11 is 0. The highest BCUT2D eigenvalue weighted by Crippen LogP contribution is 2.42. The Kier molecular flexibility index (Phi) is 10.1. The SMILES string of the molecule is C#CC1(F)[C@@H](O)[C@@H](COP(=O)(NCC(=O)OCC)NCC(=O)OCC)O[C@H]1N1C=CC(=NC2CC2)NC1=C. The zero-order valence-electron chi connectivity index (χ0n) is 21.2. The molecule has 0 radical (unpaired) electrons. The Balaban J connectivity index is 1.70. The predicted octanol–water partition coefficient (Wildman–Crippen LogP) is 0.295. The normalized spacial score (nSPS) is 28.2. The van der Waals surface area contributed by atoms with Gasteiger partial charge >= 0.3 is 19.6 Å². The van der Waals surface area contributed by atoms with Gasteiger partial charge in [-0.1, -0.05) is 12.5 Å². The zero-order chi connectivity index (χ0) is 27.9. The lowest BCUT2D eigenvalue weighted by atomic mass is 9.96. The number of amidine groups is 1. The molecule has 0 bridgehead atoms. The molecular weight excluding hydrogens is 524 g/mol. The second-order valence-electron chi connectivity index (χ2n) is 8.55. The van der Waals surface area contributed by atoms with E-state index in [0.717, 1.165) is 12.8 Å². The van der Waals surface area contributed by atoms with Crippen LogP contribution in [0.2, 0.25) is 0 Å². The average molecular weight is 558 g/mol. The number of carbonyl (C=O) groups is 2. The van der Waals surface area contributed by atoms with Gasteiger partial charge in [0.1, 0.15) is 37.0 Å². The molecule has 3 aliphatic rings. The Labute approximate surface area is 220 Å². The topological polar surface area (TPSA) is 160 Å². The third kappa shape index (κ3) is 7.41. The number of aliphatic hydroxyl groups excluding tert-OH is 1. The number of halogens is 1. The molecule has 4 N–H and O–H groups in total. The van der Waals surface area contributed by atoms with E-state index in [1.54, 1.807) is 19.9 Å². The fourth-order valence-electron chi connectivity index (χ4n) is 3.59. The van der Waals surface area contributed by atoms with Crippen LogP contribution in [0.5, 0.6) is 0 Å². The molecule has 0 aromatic rings. The predicted molar refractivity (Wildman–Crippen MR) is 134 cm³/mol. The van der Waals surface area contributed by atoms with Gasteiger partial charge in [-0.05, 0) is 32.8 Å². The van der Waals surface area contributed by atoms with E-state index in [1.165, 1.54) is 11.1 Å². The molecule has 13 nitrogen and oxygen atoms in total. The number of hydrogen-bond acceptors (Lipinski definition) is 10. The van der Waals surface area contributed by atoms with Gasteiger partial charge in [0.05, 0.1) is 25.9 Å². The van der Waals surface area contributed by atoms with E-state index in [9.17, 15) is 19.3 Å². The van der Waals surface area contributed by atoms with Crippen molar-refractivity contribution in [3.63, 3.8) is 0 Å². The summed E-state index contributed by atoms with van der Waals surface area (Å²) in [5, 5.41) is 18.4. The Morgan fingerprint density at radius 3 is 2.45 bits per heavy atom. The van der Waals surface area contributed by atoms with Crippen LogP contribution >= 0.6 is 7.67 Å². The fraction of sp³-hybridized carbons (Fsp3) is 0.609. The summed E-state index contributed by atoms with van der Waals surface area (Å²) in [6, 6.07) is 0.240. The van der Waals surface area contributed by atoms with Gasteiger partial charge in [0.25, 0.3) is 0 Å². The number of nitrogens with one attached hydrogen (secondary N) is 3. The minimum atomic E-state index is -4.12. The minimum absolute atomic E-state index is 0.0924. The van der Waals surface area contributed by atoms with Crippen molar-refractivity contribution in [2.75, 3.05) is 32.9 Å². The van der Waals surface area contributed by atoms with Crippen LogP contribution in [-0.2, 0) is 32.9 Å². The molecule has 2 fully saturated rings. The Hall–Kier alpha value is -2.79. The summed E-state index contributed by atoms with van der Waals surface area (Å²) in [5.74, 6) is 1.27. The lowest BCUT2D eigenvalue weighted by molar-refractivity contribution is -0.142. The molecule has 15 heteroatoms. The summed E-state index contributed by atoms with van der Waals surface area (Å²) < 4.78 is 49.9. The summed E-state index contributed by atoms with van der Waals surface area (Å²) in [6.07, 6.45) is 5.76. The maximum Gasteiger partial charge on any atom is 0.341 e. The smallest absolute Gasteiger partial charge is 0.341 e. The summed E-state index contributed by atoms with van der Waals surface area (Å²) in [6.45, 7) is 5.57. The molecule has 1 saturated heterocycles. The lowest BCUT2D eigenvalue weighted by Crippen LogP contribution is -2.52. The van der Waals surface area contributed by atoms with Gasteiger partial charge < -0.3 is 34.1 Å². The molecule has 3 rings (SSSR count). The monoisotopic (exact) mass is 557 g/mol. The van der Waals surface area contributed by atoms with E-state index in [-0.39, 0.29) is 25.1 Å². The second-order valence-corrected chi connectivity index (χ2v) is 10.5. The molecule has 1 unspecified atom stereocenters. The maximum absolute atomic E-state index is 15.9. The van der Waals surface area contributed by atoms with Gasteiger partial charge in [0, 0.05) is 6.20 Å². The highest BCUT2D eigenvalue weighted by Gasteiger charge is 2.59. The van der Waals surface area contributed by atoms with Crippen molar-refractivity contribution in [1.29, 1.82) is 0 Å². The number of nitrogens with zero attached hydrogens (tertiary/aromatic N) is 2. The van der Waals surface area contributed by atoms with Crippen LogP contribution in [0.1, 0.15) is 26.7 Å². The molecule has 1 saturated carbocycles. The molecule has 2 heterocycles. The van der Waals surface area contributed by atoms with E-state index in [1.807, 2.05) is 5.92 Å². The van der Waals surface area contributed by atoms with Gasteiger partial charge in [-0.2, -0.15) is 0 Å². The van der Waals surface area contributed by atoms with Crippen LogP contribution in [0.15, 0.2) is 29.7 Å². The van der Waals surface area contributed by atoms with Crippen LogP contribution in [0, 0.1) is 12.3 Å². The number of rotatable bonds is 13. The summed E-state index contributed by atoms with van der Waals surface area (Å²) in [4.78, 5) is 29.2. The van der Waals surface area contributed by atoms with Gasteiger partial charge in [0.2, 0.25) is 5.67 Å². The third-order valence-electron chi connectivity index (χ3n) is 5.66. The van der Waals surface area contributed by atoms with Crippen LogP contribution in [0.3, 0.4) is 0 Å². The van der Waals surface area contributed by atoms with Gasteiger partial charge in [-0.25, -0.2) is 14.6 Å². The average Bonchev–Trinajstić information content (AvgIpc) is 3.66. The molecule has 0 aromatic heterocycles. The van der Waals surface area contributed by atoms with Crippen molar-refractivity contribution >= 4 is 25.4 Å². The van der Waals surface area contributed by atoms with E-state index < -0.39 is 63.4 Å². The first-order valence-corrected chi connectivity index (χ1v) is 13.7. The van der Waals surface area contributed by atoms with E-state index in [2.05, 4.69) is 27.1 Å². The molecule has 38 heavy (non-hydrogen) atoms. The Bertz CT molecular complexity index is 1030. The molecule has 4 atom stereocenters. The first kappa shape index (κ1) is 29.8. The first-order valence-electron chi connectivity index (χ1n) is 12.1. The van der Waals surface area contributed by atoms with Crippen molar-refractivity contribution in [3.8, 4) is 12.3 Å². The van der Waals surface area contributed by atoms with E-state index in [0.29, 0.717) is 5.84 Å². The number of ether oxygens (including phenoxy) is 3. The van der Waals surface area contributed by atoms with Crippen LogP contribution in [0.4, 0.5) is 4.39 Å². The van der Waals surface area contributed by atoms with Crippen molar-refractivity contribution < 1.29 is 42.4 Å². The first-order chi connectivity index (χ1) is 18.0. The second kappa shape index (κ2) is 12.8. The fourth-order valence-corrected chi connectivity index (χ4v) is 4.91. The Morgan fingerprint density at radius 1 is 1.34 bits per heavy atom. The summed E-state index contributed by atoms with van der Waals surface area (Å²) in [5.41, 5.74) is -2.70. The van der Waals surface area contributed by atoms with E-state index >= 15 is 4.39 Å². The highest BCUT2D eigenvalue weighted by molar-refractivity contribution is 7.54. The standard InChI is InChI=1S/C23H33FN5O8P/c1-5-23(24)21(32)17(37-22(23)29-11-10-18(27-15(29)4)28-16-8-9-16)14-36-38(33,25-12-19(30)34-6-2)26-13-20(31)35-7-3/h1,10-11,16-17,21-22,32H,4,6-9,12-14H2,2-3H3,(H,27,28)(H2,25,26,33)/t17-,21+,22-,23?/m1/s1. The number of aliphatic hydroxyl groups is 1. The molecule has 0 spiro atoms. The van der Waals surface area contributed by atoms with Crippen molar-refractivity contribution in [1.82, 2.24) is 20.4 Å². The van der Waals surface area contributed by atoms with Crippen LogP contribution < -0.4 is 15.5 Å². The number of terminal acetylenes is 1. The molecule has 210 valence electrons. The molecule has 0 amide bonds. The van der Waals surface area contributed by atoms with Crippen LogP contribution in [-0.4, -0.2) is 90.8 Å². The van der Waals surface area contributed by atoms with E-state index in [4.69, 9.17) is 25.2 Å². The van der Waals surface area contributed by atoms with Gasteiger partial charge in [-0.15, -0.1) is 6.42 Å². The number of esters is 2. The zero-order valence-corrected chi connectivity index (χ0v) is 22.1. The number of carbonyl (C=O) groups excluding carboxylic acids is 2. The van der Waals surface area contributed by atoms with Crippen LogP contribution in [0.25, 0.3) is 0 Å². The highest BCUT2D eigenvalue weighted by atomic mass is 31.2.